The third-order valence-corrected chi connectivity index (χ3v) is 9.27. The molecule has 41 heavy (non-hydrogen) atoms. The largest absolute Gasteiger partial charge is 0.494 e. The Labute approximate surface area is 241 Å². The highest BCUT2D eigenvalue weighted by molar-refractivity contribution is 7.89. The van der Waals surface area contributed by atoms with Gasteiger partial charge in [0, 0.05) is 19.6 Å². The van der Waals surface area contributed by atoms with E-state index in [1.54, 1.807) is 35.2 Å². The van der Waals surface area contributed by atoms with Crippen LogP contribution < -0.4 is 19.7 Å². The number of para-hydroxylation sites is 2. The Morgan fingerprint density at radius 2 is 1.71 bits per heavy atom. The number of rotatable bonds is 9. The number of hydrogen-bond acceptors (Lipinski definition) is 6. The number of amides is 2. The highest BCUT2D eigenvalue weighted by Crippen LogP contribution is 2.35. The van der Waals surface area contributed by atoms with Crippen LogP contribution in [0.5, 0.6) is 11.5 Å². The van der Waals surface area contributed by atoms with Crippen molar-refractivity contribution in [3.63, 3.8) is 0 Å². The zero-order chi connectivity index (χ0) is 28.8. The van der Waals surface area contributed by atoms with Gasteiger partial charge in [-0.3, -0.25) is 9.59 Å². The first kappa shape index (κ1) is 28.6. The second-order valence-corrected chi connectivity index (χ2v) is 12.1. The number of hydrogen-bond donors (Lipinski definition) is 1. The predicted octanol–water partition coefficient (Wildman–Crippen LogP) is 3.64. The van der Waals surface area contributed by atoms with Crippen molar-refractivity contribution in [3.05, 3.63) is 84.4 Å². The van der Waals surface area contributed by atoms with Crippen LogP contribution in [0.15, 0.2) is 83.8 Å². The molecule has 9 nitrogen and oxygen atoms in total. The van der Waals surface area contributed by atoms with Gasteiger partial charge in [0.1, 0.15) is 11.5 Å². The fourth-order valence-electron chi connectivity index (χ4n) is 5.27. The van der Waals surface area contributed by atoms with Gasteiger partial charge in [0.15, 0.2) is 6.10 Å². The maximum absolute atomic E-state index is 13.9. The molecule has 1 N–H and O–H groups in total. The third-order valence-electron chi connectivity index (χ3n) is 7.39. The average molecular weight is 578 g/mol. The lowest BCUT2D eigenvalue weighted by Gasteiger charge is -2.38. The van der Waals surface area contributed by atoms with Crippen molar-refractivity contribution in [2.75, 3.05) is 37.7 Å². The predicted molar refractivity (Wildman–Crippen MR) is 155 cm³/mol. The van der Waals surface area contributed by atoms with E-state index in [1.165, 1.54) is 16.4 Å². The summed E-state index contributed by atoms with van der Waals surface area (Å²) in [6.45, 7) is 3.26. The lowest BCUT2D eigenvalue weighted by molar-refractivity contribution is -0.129. The molecule has 0 bridgehead atoms. The minimum absolute atomic E-state index is 0.0508. The van der Waals surface area contributed by atoms with E-state index >= 15 is 0 Å². The van der Waals surface area contributed by atoms with Crippen molar-refractivity contribution in [2.45, 2.75) is 37.2 Å². The van der Waals surface area contributed by atoms with Gasteiger partial charge in [-0.25, -0.2) is 8.42 Å². The van der Waals surface area contributed by atoms with Gasteiger partial charge >= 0.3 is 0 Å². The van der Waals surface area contributed by atoms with Crippen molar-refractivity contribution in [3.8, 4) is 11.5 Å². The molecule has 0 unspecified atom stereocenters. The van der Waals surface area contributed by atoms with Crippen LogP contribution in [0.2, 0.25) is 0 Å². The van der Waals surface area contributed by atoms with Crippen LogP contribution >= 0.6 is 0 Å². The molecule has 0 aliphatic carbocycles. The van der Waals surface area contributed by atoms with Crippen molar-refractivity contribution in [2.24, 2.45) is 5.92 Å². The third kappa shape index (κ3) is 6.55. The number of ether oxygens (including phenoxy) is 2. The summed E-state index contributed by atoms with van der Waals surface area (Å²) in [6.07, 6.45) is 0.917. The van der Waals surface area contributed by atoms with E-state index < -0.39 is 22.0 Å². The Hall–Kier alpha value is -3.89. The molecule has 2 heterocycles. The zero-order valence-corrected chi connectivity index (χ0v) is 23.9. The maximum Gasteiger partial charge on any atom is 0.262 e. The topological polar surface area (TPSA) is 105 Å². The number of nitrogens with zero attached hydrogens (tertiary/aromatic N) is 2. The van der Waals surface area contributed by atoms with E-state index in [2.05, 4.69) is 5.32 Å². The van der Waals surface area contributed by atoms with Gasteiger partial charge in [-0.1, -0.05) is 42.5 Å². The van der Waals surface area contributed by atoms with Crippen LogP contribution in [-0.2, 0) is 26.0 Å². The molecule has 3 aromatic rings. The Balaban J connectivity index is 1.28. The van der Waals surface area contributed by atoms with Crippen LogP contribution in [-0.4, -0.2) is 63.4 Å². The Kier molecular flexibility index (Phi) is 8.90. The summed E-state index contributed by atoms with van der Waals surface area (Å²) in [5.41, 5.74) is 1.69. The van der Waals surface area contributed by atoms with Crippen molar-refractivity contribution >= 4 is 27.5 Å². The fourth-order valence-corrected chi connectivity index (χ4v) is 6.80. The number of sulfonamides is 1. The van der Waals surface area contributed by atoms with Crippen LogP contribution in [0.4, 0.5) is 5.69 Å². The fraction of sp³-hybridized carbons (Fsp3) is 0.355. The maximum atomic E-state index is 13.9. The van der Waals surface area contributed by atoms with E-state index in [1.807, 2.05) is 43.3 Å². The SMILES string of the molecule is CCOc1ccc(S(=O)(=O)N2CCC[C@@H](C(=O)N3C[C@H](C(=O)NCCc4ccccc4)Oc4ccccc43)C2)cc1. The molecule has 0 spiro atoms. The van der Waals surface area contributed by atoms with Crippen LogP contribution in [0.25, 0.3) is 0 Å². The molecule has 0 saturated carbocycles. The summed E-state index contributed by atoms with van der Waals surface area (Å²) >= 11 is 0. The van der Waals surface area contributed by atoms with Crippen molar-refractivity contribution < 1.29 is 27.5 Å². The number of piperidine rings is 1. The zero-order valence-electron chi connectivity index (χ0n) is 23.1. The van der Waals surface area contributed by atoms with Gasteiger partial charge in [-0.2, -0.15) is 4.31 Å². The molecule has 1 fully saturated rings. The molecule has 2 amide bonds. The molecule has 1 saturated heterocycles. The Morgan fingerprint density at radius 3 is 2.46 bits per heavy atom. The van der Waals surface area contributed by atoms with Gasteiger partial charge in [-0.15, -0.1) is 0 Å². The van der Waals surface area contributed by atoms with Crippen LogP contribution in [0, 0.1) is 5.92 Å². The van der Waals surface area contributed by atoms with Crippen molar-refractivity contribution in [1.29, 1.82) is 0 Å². The molecule has 3 aromatic carbocycles. The number of carbonyl (C=O) groups is 2. The minimum atomic E-state index is -3.79. The Morgan fingerprint density at radius 1 is 0.976 bits per heavy atom. The monoisotopic (exact) mass is 577 g/mol. The quantitative estimate of drug-likeness (QED) is 0.417. The first-order valence-corrected chi connectivity index (χ1v) is 15.4. The molecule has 0 radical (unpaired) electrons. The van der Waals surface area contributed by atoms with Gasteiger partial charge in [0.25, 0.3) is 5.91 Å². The number of nitrogens with one attached hydrogen (secondary N) is 1. The van der Waals surface area contributed by atoms with E-state index in [0.717, 1.165) is 5.56 Å². The highest BCUT2D eigenvalue weighted by atomic mass is 32.2. The lowest BCUT2D eigenvalue weighted by atomic mass is 9.97. The molecular weight excluding hydrogens is 542 g/mol. The smallest absolute Gasteiger partial charge is 0.262 e. The van der Waals surface area contributed by atoms with Crippen molar-refractivity contribution in [1.82, 2.24) is 9.62 Å². The van der Waals surface area contributed by atoms with Crippen LogP contribution in [0.1, 0.15) is 25.3 Å². The number of anilines is 1. The van der Waals surface area contributed by atoms with E-state index in [9.17, 15) is 18.0 Å². The summed E-state index contributed by atoms with van der Waals surface area (Å²) < 4.78 is 39.7. The molecule has 2 atom stereocenters. The first-order valence-electron chi connectivity index (χ1n) is 14.0. The summed E-state index contributed by atoms with van der Waals surface area (Å²) in [5.74, 6) is -0.00652. The summed E-state index contributed by atoms with van der Waals surface area (Å²) in [7, 11) is -3.79. The van der Waals surface area contributed by atoms with E-state index in [0.29, 0.717) is 56.1 Å². The molecule has 5 rings (SSSR count). The lowest BCUT2D eigenvalue weighted by Crippen LogP contribution is -2.54. The summed E-state index contributed by atoms with van der Waals surface area (Å²) in [4.78, 5) is 28.7. The number of fused-ring (bicyclic) bond motifs is 1. The minimum Gasteiger partial charge on any atom is -0.494 e. The summed E-state index contributed by atoms with van der Waals surface area (Å²) in [6, 6.07) is 23.3. The molecule has 10 heteroatoms. The first-order chi connectivity index (χ1) is 19.9. The average Bonchev–Trinajstić information content (AvgIpc) is 3.01. The van der Waals surface area contributed by atoms with Gasteiger partial charge in [0.05, 0.1) is 29.7 Å². The molecular formula is C31H35N3O6S. The summed E-state index contributed by atoms with van der Waals surface area (Å²) in [5, 5.41) is 2.93. The Bertz CT molecular complexity index is 1460. The second kappa shape index (κ2) is 12.7. The standard InChI is InChI=1S/C31H35N3O6S/c1-2-39-25-14-16-26(17-15-25)41(37,38)33-20-8-11-24(21-33)31(36)34-22-29(40-28-13-7-6-12-27(28)34)30(35)32-19-18-23-9-4-3-5-10-23/h3-7,9-10,12-17,24,29H,2,8,11,18-22H2,1H3,(H,32,35)/t24-,29-/m1/s1. The molecule has 0 aromatic heterocycles. The van der Waals surface area contributed by atoms with Gasteiger partial charge < -0.3 is 19.7 Å². The number of carbonyl (C=O) groups excluding carboxylic acids is 2. The van der Waals surface area contributed by atoms with E-state index in [4.69, 9.17) is 9.47 Å². The second-order valence-electron chi connectivity index (χ2n) is 10.2. The molecule has 2 aliphatic heterocycles. The normalized spacial score (nSPS) is 19.1. The highest BCUT2D eigenvalue weighted by Gasteiger charge is 2.39. The van der Waals surface area contributed by atoms with Gasteiger partial charge in [-0.05, 0) is 68.1 Å². The van der Waals surface area contributed by atoms with E-state index in [-0.39, 0.29) is 29.8 Å². The number of benzene rings is 3. The molecule has 216 valence electrons. The van der Waals surface area contributed by atoms with Crippen LogP contribution in [0.3, 0.4) is 0 Å². The molecule has 2 aliphatic rings. The van der Waals surface area contributed by atoms with Gasteiger partial charge in [0.2, 0.25) is 15.9 Å².